The minimum atomic E-state index is 0.104. The number of nitrogens with zero attached hydrogens (tertiary/aromatic N) is 1. The SMILES string of the molecule is CCCCn1ccc2ccc(Br)cc2c1=O. The van der Waals surface area contributed by atoms with E-state index in [9.17, 15) is 4.79 Å². The van der Waals surface area contributed by atoms with Crippen molar-refractivity contribution in [3.8, 4) is 0 Å². The van der Waals surface area contributed by atoms with Crippen LogP contribution < -0.4 is 5.56 Å². The highest BCUT2D eigenvalue weighted by molar-refractivity contribution is 9.10. The van der Waals surface area contributed by atoms with Crippen molar-refractivity contribution >= 4 is 26.7 Å². The Morgan fingerprint density at radius 1 is 1.31 bits per heavy atom. The first-order chi connectivity index (χ1) is 7.72. The van der Waals surface area contributed by atoms with Crippen molar-refractivity contribution in [2.24, 2.45) is 0 Å². The third-order valence-corrected chi connectivity index (χ3v) is 3.19. The maximum atomic E-state index is 12.1. The van der Waals surface area contributed by atoms with Crippen LogP contribution in [0.2, 0.25) is 0 Å². The topological polar surface area (TPSA) is 22.0 Å². The second-order valence-electron chi connectivity index (χ2n) is 3.90. The Labute approximate surface area is 103 Å². The quantitative estimate of drug-likeness (QED) is 0.842. The number of rotatable bonds is 3. The number of pyridine rings is 1. The summed E-state index contributed by atoms with van der Waals surface area (Å²) < 4.78 is 2.74. The lowest BCUT2D eigenvalue weighted by Crippen LogP contribution is -2.19. The third kappa shape index (κ3) is 2.19. The van der Waals surface area contributed by atoms with Gasteiger partial charge in [0.25, 0.3) is 5.56 Å². The van der Waals surface area contributed by atoms with Crippen LogP contribution in [0.5, 0.6) is 0 Å². The zero-order valence-corrected chi connectivity index (χ0v) is 10.8. The Kier molecular flexibility index (Phi) is 3.44. The molecule has 0 saturated carbocycles. The molecule has 0 saturated heterocycles. The Morgan fingerprint density at radius 2 is 2.12 bits per heavy atom. The van der Waals surface area contributed by atoms with Crippen LogP contribution in [-0.4, -0.2) is 4.57 Å². The summed E-state index contributed by atoms with van der Waals surface area (Å²) in [6.07, 6.45) is 4.02. The van der Waals surface area contributed by atoms with E-state index in [1.807, 2.05) is 30.5 Å². The van der Waals surface area contributed by atoms with Crippen LogP contribution in [0.3, 0.4) is 0 Å². The number of fused-ring (bicyclic) bond motifs is 1. The molecule has 2 aromatic rings. The Balaban J connectivity index is 2.55. The van der Waals surface area contributed by atoms with Crippen LogP contribution in [0, 0.1) is 0 Å². The first-order valence-corrected chi connectivity index (χ1v) is 6.30. The Bertz CT molecular complexity index is 559. The second-order valence-corrected chi connectivity index (χ2v) is 4.82. The first-order valence-electron chi connectivity index (χ1n) is 5.51. The predicted molar refractivity (Wildman–Crippen MR) is 70.8 cm³/mol. The molecule has 0 bridgehead atoms. The van der Waals surface area contributed by atoms with Gasteiger partial charge in [-0.3, -0.25) is 4.79 Å². The van der Waals surface area contributed by atoms with E-state index in [2.05, 4.69) is 22.9 Å². The Morgan fingerprint density at radius 3 is 2.88 bits per heavy atom. The molecule has 0 atom stereocenters. The summed E-state index contributed by atoms with van der Waals surface area (Å²) in [5.41, 5.74) is 0.104. The van der Waals surface area contributed by atoms with Crippen molar-refractivity contribution in [3.63, 3.8) is 0 Å². The number of halogens is 1. The highest BCUT2D eigenvalue weighted by Crippen LogP contribution is 2.16. The molecule has 84 valence electrons. The summed E-state index contributed by atoms with van der Waals surface area (Å²) in [7, 11) is 0. The molecule has 0 aliphatic heterocycles. The van der Waals surface area contributed by atoms with Gasteiger partial charge in [0.05, 0.1) is 0 Å². The average molecular weight is 280 g/mol. The minimum Gasteiger partial charge on any atom is -0.315 e. The molecule has 0 spiro atoms. The van der Waals surface area contributed by atoms with Crippen molar-refractivity contribution in [3.05, 3.63) is 45.3 Å². The second kappa shape index (κ2) is 4.83. The molecule has 3 heteroatoms. The van der Waals surface area contributed by atoms with Crippen molar-refractivity contribution in [1.82, 2.24) is 4.57 Å². The zero-order chi connectivity index (χ0) is 11.5. The van der Waals surface area contributed by atoms with Crippen molar-refractivity contribution in [2.75, 3.05) is 0 Å². The lowest BCUT2D eigenvalue weighted by atomic mass is 10.2. The largest absolute Gasteiger partial charge is 0.315 e. The molecule has 1 heterocycles. The van der Waals surface area contributed by atoms with Crippen molar-refractivity contribution < 1.29 is 0 Å². The van der Waals surface area contributed by atoms with Gasteiger partial charge in [0.15, 0.2) is 0 Å². The van der Waals surface area contributed by atoms with Crippen molar-refractivity contribution in [2.45, 2.75) is 26.3 Å². The molecular weight excluding hydrogens is 266 g/mol. The molecule has 0 aliphatic rings. The van der Waals surface area contributed by atoms with E-state index in [0.717, 1.165) is 34.6 Å². The van der Waals surface area contributed by atoms with E-state index < -0.39 is 0 Å². The number of aryl methyl sites for hydroxylation is 1. The van der Waals surface area contributed by atoms with E-state index >= 15 is 0 Å². The lowest BCUT2D eigenvalue weighted by Gasteiger charge is -2.06. The third-order valence-electron chi connectivity index (χ3n) is 2.69. The molecular formula is C13H14BrNO. The van der Waals surface area contributed by atoms with Gasteiger partial charge in [0, 0.05) is 22.6 Å². The summed E-state index contributed by atoms with van der Waals surface area (Å²) in [6, 6.07) is 7.81. The number of unbranched alkanes of at least 4 members (excludes halogenated alkanes) is 1. The van der Waals surface area contributed by atoms with Gasteiger partial charge in [-0.05, 0) is 30.0 Å². The maximum absolute atomic E-state index is 12.1. The molecule has 2 rings (SSSR count). The van der Waals surface area contributed by atoms with Gasteiger partial charge in [0.2, 0.25) is 0 Å². The molecule has 0 aliphatic carbocycles. The molecule has 0 N–H and O–H groups in total. The normalized spacial score (nSPS) is 10.9. The average Bonchev–Trinajstić information content (AvgIpc) is 2.29. The van der Waals surface area contributed by atoms with E-state index in [4.69, 9.17) is 0 Å². The first kappa shape index (κ1) is 11.4. The fraction of sp³-hybridized carbons (Fsp3) is 0.308. The van der Waals surface area contributed by atoms with Gasteiger partial charge in [0.1, 0.15) is 0 Å². The number of aromatic nitrogens is 1. The summed E-state index contributed by atoms with van der Waals surface area (Å²) in [5.74, 6) is 0. The van der Waals surface area contributed by atoms with Crippen LogP contribution >= 0.6 is 15.9 Å². The predicted octanol–water partition coefficient (Wildman–Crippen LogP) is 3.56. The Hall–Kier alpha value is -1.09. The standard InChI is InChI=1S/C13H14BrNO/c1-2-3-7-15-8-6-10-4-5-11(14)9-12(10)13(15)16/h4-6,8-9H,2-3,7H2,1H3. The molecule has 2 nitrogen and oxygen atoms in total. The number of hydrogen-bond donors (Lipinski definition) is 0. The fourth-order valence-electron chi connectivity index (χ4n) is 1.76. The molecule has 0 radical (unpaired) electrons. The minimum absolute atomic E-state index is 0.104. The van der Waals surface area contributed by atoms with E-state index in [-0.39, 0.29) is 5.56 Å². The molecule has 1 aromatic heterocycles. The maximum Gasteiger partial charge on any atom is 0.258 e. The van der Waals surface area contributed by atoms with Gasteiger partial charge in [-0.15, -0.1) is 0 Å². The summed E-state index contributed by atoms with van der Waals surface area (Å²) in [5, 5.41) is 1.79. The summed E-state index contributed by atoms with van der Waals surface area (Å²) in [4.78, 5) is 12.1. The summed E-state index contributed by atoms with van der Waals surface area (Å²) >= 11 is 3.40. The highest BCUT2D eigenvalue weighted by atomic mass is 79.9. The van der Waals surface area contributed by atoms with Crippen LogP contribution in [0.1, 0.15) is 19.8 Å². The van der Waals surface area contributed by atoms with Crippen molar-refractivity contribution in [1.29, 1.82) is 0 Å². The number of hydrogen-bond acceptors (Lipinski definition) is 1. The van der Waals surface area contributed by atoms with Gasteiger partial charge in [-0.2, -0.15) is 0 Å². The monoisotopic (exact) mass is 279 g/mol. The van der Waals surface area contributed by atoms with E-state index in [0.29, 0.717) is 0 Å². The van der Waals surface area contributed by atoms with Gasteiger partial charge < -0.3 is 4.57 Å². The smallest absolute Gasteiger partial charge is 0.258 e. The summed E-state index contributed by atoms with van der Waals surface area (Å²) in [6.45, 7) is 2.93. The van der Waals surface area contributed by atoms with E-state index in [1.54, 1.807) is 4.57 Å². The van der Waals surface area contributed by atoms with Gasteiger partial charge in [-0.1, -0.05) is 35.3 Å². The molecule has 0 amide bonds. The molecule has 0 fully saturated rings. The molecule has 0 unspecified atom stereocenters. The van der Waals surface area contributed by atoms with Crippen LogP contribution in [0.25, 0.3) is 10.8 Å². The van der Waals surface area contributed by atoms with Crippen LogP contribution in [-0.2, 0) is 6.54 Å². The highest BCUT2D eigenvalue weighted by Gasteiger charge is 2.02. The van der Waals surface area contributed by atoms with Crippen LogP contribution in [0.4, 0.5) is 0 Å². The lowest BCUT2D eigenvalue weighted by molar-refractivity contribution is 0.617. The van der Waals surface area contributed by atoms with Crippen LogP contribution in [0.15, 0.2) is 39.7 Å². The fourth-order valence-corrected chi connectivity index (χ4v) is 2.12. The van der Waals surface area contributed by atoms with Gasteiger partial charge >= 0.3 is 0 Å². The zero-order valence-electron chi connectivity index (χ0n) is 9.24. The van der Waals surface area contributed by atoms with E-state index in [1.165, 1.54) is 0 Å². The van der Waals surface area contributed by atoms with Gasteiger partial charge in [-0.25, -0.2) is 0 Å². The molecule has 1 aromatic carbocycles. The number of benzene rings is 1. The molecule has 16 heavy (non-hydrogen) atoms.